The van der Waals surface area contributed by atoms with Crippen LogP contribution in [0.25, 0.3) is 5.57 Å². The molecule has 1 saturated heterocycles. The average Bonchev–Trinajstić information content (AvgIpc) is 3.03. The van der Waals surface area contributed by atoms with Gasteiger partial charge in [-0.05, 0) is 108 Å². The van der Waals surface area contributed by atoms with Gasteiger partial charge in [0, 0.05) is 26.2 Å². The monoisotopic (exact) mass is 672 g/mol. The molecule has 2 aromatic rings. The van der Waals surface area contributed by atoms with Crippen LogP contribution in [-0.4, -0.2) is 85.5 Å². The van der Waals surface area contributed by atoms with E-state index >= 15 is 0 Å². The number of benzene rings is 2. The molecule has 2 aliphatic heterocycles. The van der Waals surface area contributed by atoms with Crippen LogP contribution in [0.3, 0.4) is 0 Å². The van der Waals surface area contributed by atoms with Gasteiger partial charge in [0.15, 0.2) is 0 Å². The second-order valence-electron chi connectivity index (χ2n) is 13.6. The zero-order valence-corrected chi connectivity index (χ0v) is 29.0. The molecule has 0 saturated carbocycles. The van der Waals surface area contributed by atoms with E-state index in [9.17, 15) is 28.0 Å². The van der Waals surface area contributed by atoms with E-state index in [1.807, 2.05) is 47.6 Å². The normalized spacial score (nSPS) is 15.4. The van der Waals surface area contributed by atoms with E-state index < -0.39 is 34.8 Å². The van der Waals surface area contributed by atoms with E-state index in [1.165, 1.54) is 32.4 Å². The topological polar surface area (TPSA) is 112 Å². The molecule has 4 rings (SSSR count). The van der Waals surface area contributed by atoms with Crippen molar-refractivity contribution in [3.05, 3.63) is 76.4 Å². The van der Waals surface area contributed by atoms with Crippen molar-refractivity contribution in [2.45, 2.75) is 77.9 Å². The van der Waals surface area contributed by atoms with Gasteiger partial charge in [0.1, 0.15) is 22.8 Å². The Hall–Kier alpha value is -4.48. The summed E-state index contributed by atoms with van der Waals surface area (Å²) in [5.41, 5.74) is 1.41. The molecule has 0 atom stereocenters. The number of rotatable bonds is 4. The van der Waals surface area contributed by atoms with Crippen molar-refractivity contribution >= 4 is 29.7 Å². The van der Waals surface area contributed by atoms with Crippen LogP contribution < -0.4 is 0 Å². The van der Waals surface area contributed by atoms with Crippen molar-refractivity contribution in [3.8, 4) is 0 Å². The summed E-state index contributed by atoms with van der Waals surface area (Å²) < 4.78 is 47.4. The van der Waals surface area contributed by atoms with Crippen LogP contribution in [0.1, 0.15) is 98.6 Å². The highest BCUT2D eigenvalue weighted by molar-refractivity contribution is 5.91. The molecule has 0 aromatic heterocycles. The Labute approximate surface area is 281 Å². The van der Waals surface area contributed by atoms with E-state index in [4.69, 9.17) is 9.47 Å². The zero-order valence-electron chi connectivity index (χ0n) is 29.0. The van der Waals surface area contributed by atoms with Crippen LogP contribution in [0, 0.1) is 11.6 Å². The molecule has 0 N–H and O–H groups in total. The fourth-order valence-corrected chi connectivity index (χ4v) is 5.20. The molecule has 262 valence electrons. The lowest BCUT2D eigenvalue weighted by Gasteiger charge is -2.33. The van der Waals surface area contributed by atoms with Crippen molar-refractivity contribution in [2.24, 2.45) is 0 Å². The van der Waals surface area contributed by atoms with E-state index in [2.05, 4.69) is 9.47 Å². The third-order valence-electron chi connectivity index (χ3n) is 7.62. The van der Waals surface area contributed by atoms with Gasteiger partial charge >= 0.3 is 24.1 Å². The summed E-state index contributed by atoms with van der Waals surface area (Å²) in [5.74, 6) is -2.41. The number of likely N-dealkylation sites (tertiary alicyclic amines) is 1. The Balaban J connectivity index is 0.000000260. The summed E-state index contributed by atoms with van der Waals surface area (Å²) >= 11 is 0. The summed E-state index contributed by atoms with van der Waals surface area (Å²) in [6.45, 7) is 13.0. The van der Waals surface area contributed by atoms with Crippen LogP contribution in [-0.2, 0) is 18.9 Å². The number of carbonyl (C=O) groups is 4. The van der Waals surface area contributed by atoms with Crippen molar-refractivity contribution in [1.82, 2.24) is 9.80 Å². The quantitative estimate of drug-likeness (QED) is 0.245. The highest BCUT2D eigenvalue weighted by Crippen LogP contribution is 2.30. The molecule has 0 aliphatic carbocycles. The molecule has 0 bridgehead atoms. The molecule has 2 aliphatic rings. The van der Waals surface area contributed by atoms with Gasteiger partial charge in [-0.15, -0.1) is 0 Å². The Morgan fingerprint density at radius 2 is 1.21 bits per heavy atom. The minimum absolute atomic E-state index is 0.0513. The Morgan fingerprint density at radius 1 is 0.708 bits per heavy atom. The summed E-state index contributed by atoms with van der Waals surface area (Å²) in [7, 11) is 2.45. The molecule has 10 nitrogen and oxygen atoms in total. The van der Waals surface area contributed by atoms with Crippen LogP contribution in [0.5, 0.6) is 0 Å². The Morgan fingerprint density at radius 3 is 1.69 bits per heavy atom. The molecule has 1 fully saturated rings. The van der Waals surface area contributed by atoms with Gasteiger partial charge in [0.25, 0.3) is 0 Å². The lowest BCUT2D eigenvalue weighted by atomic mass is 9.88. The lowest BCUT2D eigenvalue weighted by molar-refractivity contribution is 0.0203. The van der Waals surface area contributed by atoms with Crippen molar-refractivity contribution in [1.29, 1.82) is 0 Å². The van der Waals surface area contributed by atoms with Gasteiger partial charge in [0.2, 0.25) is 0 Å². The molecule has 0 spiro atoms. The number of hydrogen-bond donors (Lipinski definition) is 0. The summed E-state index contributed by atoms with van der Waals surface area (Å²) in [6.07, 6.45) is 3.31. The number of amides is 2. The van der Waals surface area contributed by atoms with Gasteiger partial charge in [-0.1, -0.05) is 18.2 Å². The summed E-state index contributed by atoms with van der Waals surface area (Å²) in [6, 6.07) is 8.89. The van der Waals surface area contributed by atoms with Crippen LogP contribution in [0.15, 0.2) is 42.5 Å². The lowest BCUT2D eigenvalue weighted by Crippen LogP contribution is -2.41. The van der Waals surface area contributed by atoms with Gasteiger partial charge in [-0.3, -0.25) is 0 Å². The first-order valence-electron chi connectivity index (χ1n) is 15.8. The maximum absolute atomic E-state index is 13.7. The maximum atomic E-state index is 13.7. The first-order valence-corrected chi connectivity index (χ1v) is 15.8. The smallest absolute Gasteiger partial charge is 0.410 e. The van der Waals surface area contributed by atoms with Gasteiger partial charge in [-0.25, -0.2) is 28.0 Å². The second kappa shape index (κ2) is 16.1. The van der Waals surface area contributed by atoms with Crippen molar-refractivity contribution in [3.63, 3.8) is 0 Å². The average molecular weight is 673 g/mol. The molecule has 2 heterocycles. The highest BCUT2D eigenvalue weighted by Gasteiger charge is 2.28. The van der Waals surface area contributed by atoms with Crippen LogP contribution >= 0.6 is 0 Å². The molecule has 12 heteroatoms. The van der Waals surface area contributed by atoms with Gasteiger partial charge < -0.3 is 28.7 Å². The fraction of sp³-hybridized carbons (Fsp3) is 0.500. The highest BCUT2D eigenvalue weighted by atomic mass is 19.1. The summed E-state index contributed by atoms with van der Waals surface area (Å²) in [5, 5.41) is 0. The molecular weight excluding hydrogens is 626 g/mol. The van der Waals surface area contributed by atoms with E-state index in [-0.39, 0.29) is 29.2 Å². The molecule has 2 amide bonds. The van der Waals surface area contributed by atoms with E-state index in [1.54, 1.807) is 28.0 Å². The Bertz CT molecular complexity index is 1520. The SMILES string of the molecule is COC(=O)c1cc(C2=CCN(C(=O)OC(C)(C)C)CC2)ccc1F.COC(=O)c1cc(C2CCN(C(=O)OC(C)(C)C)CC2)ccc1F. The predicted molar refractivity (Wildman–Crippen MR) is 176 cm³/mol. The van der Waals surface area contributed by atoms with Gasteiger partial charge in [0.05, 0.1) is 25.3 Å². The van der Waals surface area contributed by atoms with Crippen molar-refractivity contribution in [2.75, 3.05) is 40.4 Å². The minimum Gasteiger partial charge on any atom is -0.465 e. The third kappa shape index (κ3) is 10.8. The predicted octanol–water partition coefficient (Wildman–Crippen LogP) is 7.36. The van der Waals surface area contributed by atoms with Gasteiger partial charge in [-0.2, -0.15) is 0 Å². The molecule has 2 aromatic carbocycles. The number of halogens is 2. The molecular formula is C36H46F2N2O8. The Kier molecular flexibility index (Phi) is 12.7. The molecule has 48 heavy (non-hydrogen) atoms. The largest absolute Gasteiger partial charge is 0.465 e. The molecule has 0 unspecified atom stereocenters. The minimum atomic E-state index is -0.707. The zero-order chi connectivity index (χ0) is 35.8. The van der Waals surface area contributed by atoms with Crippen LogP contribution in [0.2, 0.25) is 0 Å². The van der Waals surface area contributed by atoms with Crippen LogP contribution in [0.4, 0.5) is 18.4 Å². The van der Waals surface area contributed by atoms with E-state index in [0.29, 0.717) is 32.6 Å². The fourth-order valence-electron chi connectivity index (χ4n) is 5.20. The maximum Gasteiger partial charge on any atom is 0.410 e. The summed E-state index contributed by atoms with van der Waals surface area (Å²) in [4.78, 5) is 50.6. The first-order chi connectivity index (χ1) is 22.4. The van der Waals surface area contributed by atoms with Crippen molar-refractivity contribution < 1.29 is 46.9 Å². The van der Waals surface area contributed by atoms with E-state index in [0.717, 1.165) is 29.5 Å². The standard InChI is InChI=1S/C18H24FNO4.C18H22FNO4/c2*1-18(2,3)24-17(22)20-9-7-12(8-10-20)13-5-6-15(19)14(11-13)16(21)23-4/h5-6,11-12H,7-10H2,1-4H3;5-7,11H,8-10H2,1-4H3. The molecule has 0 radical (unpaired) electrons. The number of piperidine rings is 1. The second-order valence-corrected chi connectivity index (χ2v) is 13.6. The third-order valence-corrected chi connectivity index (χ3v) is 7.62. The number of esters is 2. The number of hydrogen-bond acceptors (Lipinski definition) is 8. The number of carbonyl (C=O) groups excluding carboxylic acids is 4. The number of ether oxygens (including phenoxy) is 4. The number of methoxy groups -OCH3 is 2. The number of nitrogens with zero attached hydrogens (tertiary/aromatic N) is 2. The first kappa shape index (κ1) is 38.0.